The van der Waals surface area contributed by atoms with E-state index >= 15 is 0 Å². The van der Waals surface area contributed by atoms with Crippen LogP contribution in [0.4, 0.5) is 29.1 Å². The van der Waals surface area contributed by atoms with Gasteiger partial charge in [0.1, 0.15) is 11.6 Å². The van der Waals surface area contributed by atoms with Gasteiger partial charge in [0.15, 0.2) is 0 Å². The molecule has 0 radical (unpaired) electrons. The third-order valence-electron chi connectivity index (χ3n) is 7.06. The lowest BCUT2D eigenvalue weighted by molar-refractivity contribution is -0.138. The summed E-state index contributed by atoms with van der Waals surface area (Å²) in [5.41, 5.74) is -1.17. The van der Waals surface area contributed by atoms with Crippen molar-refractivity contribution in [1.29, 1.82) is 0 Å². The monoisotopic (exact) mass is 549 g/mol. The highest BCUT2D eigenvalue weighted by molar-refractivity contribution is 6.33. The summed E-state index contributed by atoms with van der Waals surface area (Å²) < 4.78 is 54.3. The molecule has 2 heterocycles. The summed E-state index contributed by atoms with van der Waals surface area (Å²) in [7, 11) is 1.50. The van der Waals surface area contributed by atoms with Gasteiger partial charge >= 0.3 is 6.18 Å². The number of pyridine rings is 1. The molecule has 0 aliphatic carbocycles. The summed E-state index contributed by atoms with van der Waals surface area (Å²) in [4.78, 5) is 21.6. The second-order valence-corrected chi connectivity index (χ2v) is 10.3. The van der Waals surface area contributed by atoms with Gasteiger partial charge in [-0.05, 0) is 62.6 Å². The molecule has 0 saturated carbocycles. The van der Waals surface area contributed by atoms with Crippen molar-refractivity contribution in [2.45, 2.75) is 44.3 Å². The minimum absolute atomic E-state index is 0.0228. The van der Waals surface area contributed by atoms with Crippen molar-refractivity contribution in [1.82, 2.24) is 4.98 Å². The van der Waals surface area contributed by atoms with E-state index in [2.05, 4.69) is 4.98 Å². The van der Waals surface area contributed by atoms with Gasteiger partial charge in [-0.1, -0.05) is 29.8 Å². The second kappa shape index (κ2) is 10.5. The summed E-state index contributed by atoms with van der Waals surface area (Å²) >= 11 is 6.52. The zero-order valence-corrected chi connectivity index (χ0v) is 21.9. The quantitative estimate of drug-likeness (QED) is 0.358. The summed E-state index contributed by atoms with van der Waals surface area (Å²) in [5, 5.41) is 10.2. The number of carbonyl (C=O) groups excluding carboxylic acids is 1. The Morgan fingerprint density at radius 1 is 1.13 bits per heavy atom. The van der Waals surface area contributed by atoms with E-state index in [1.165, 1.54) is 32.0 Å². The highest BCUT2D eigenvalue weighted by Gasteiger charge is 2.38. The Hall–Kier alpha value is -3.17. The van der Waals surface area contributed by atoms with Crippen molar-refractivity contribution in [2.24, 2.45) is 0 Å². The Balaban J connectivity index is 1.79. The maximum Gasteiger partial charge on any atom is 0.416 e. The Morgan fingerprint density at radius 2 is 1.82 bits per heavy atom. The van der Waals surface area contributed by atoms with Crippen molar-refractivity contribution in [2.75, 3.05) is 30.0 Å². The van der Waals surface area contributed by atoms with Crippen LogP contribution in [0.2, 0.25) is 5.02 Å². The molecule has 1 aliphatic rings. The Bertz CT molecular complexity index is 1350. The van der Waals surface area contributed by atoms with E-state index in [4.69, 9.17) is 11.6 Å². The largest absolute Gasteiger partial charge is 0.416 e. The molecule has 0 spiro atoms. The molecule has 0 unspecified atom stereocenters. The molecule has 202 valence electrons. The van der Waals surface area contributed by atoms with Gasteiger partial charge in [0.2, 0.25) is 5.91 Å². The number of amides is 1. The zero-order valence-electron chi connectivity index (χ0n) is 21.2. The van der Waals surface area contributed by atoms with E-state index in [9.17, 15) is 27.5 Å². The molecule has 1 fully saturated rings. The molecule has 0 bridgehead atoms. The Kier molecular flexibility index (Phi) is 7.72. The number of aromatic nitrogens is 1. The van der Waals surface area contributed by atoms with Gasteiger partial charge in [0.25, 0.3) is 0 Å². The smallest absolute Gasteiger partial charge is 0.394 e. The van der Waals surface area contributed by atoms with Crippen molar-refractivity contribution < 1.29 is 27.5 Å². The molecular formula is C28H28ClF4N3O2. The van der Waals surface area contributed by atoms with Crippen LogP contribution in [0.5, 0.6) is 0 Å². The number of aliphatic hydroxyl groups excluding tert-OH is 1. The van der Waals surface area contributed by atoms with Crippen LogP contribution in [0.1, 0.15) is 37.8 Å². The third-order valence-corrected chi connectivity index (χ3v) is 7.39. The average molecular weight is 550 g/mol. The molecule has 5 nitrogen and oxygen atoms in total. The van der Waals surface area contributed by atoms with Gasteiger partial charge in [0, 0.05) is 29.7 Å². The first-order valence-electron chi connectivity index (χ1n) is 12.1. The number of benzene rings is 2. The number of rotatable bonds is 6. The number of halogens is 5. The molecule has 1 saturated heterocycles. The predicted molar refractivity (Wildman–Crippen MR) is 140 cm³/mol. The van der Waals surface area contributed by atoms with E-state index < -0.39 is 28.9 Å². The van der Waals surface area contributed by atoms with Crippen LogP contribution in [-0.4, -0.2) is 42.2 Å². The number of likely N-dealkylation sites (N-methyl/N-ethyl adjacent to an activating group) is 1. The fraction of sp³-hybridized carbons (Fsp3) is 0.357. The summed E-state index contributed by atoms with van der Waals surface area (Å²) in [6.07, 6.45) is -1.53. The minimum atomic E-state index is -4.76. The number of hydrogen-bond donors (Lipinski definition) is 1. The van der Waals surface area contributed by atoms with Gasteiger partial charge in [-0.25, -0.2) is 9.37 Å². The van der Waals surface area contributed by atoms with Gasteiger partial charge in [-0.3, -0.25) is 4.79 Å². The molecule has 10 heteroatoms. The molecule has 1 amide bonds. The molecule has 2 aromatic carbocycles. The van der Waals surface area contributed by atoms with Crippen LogP contribution in [0.25, 0.3) is 11.1 Å². The topological polar surface area (TPSA) is 56.7 Å². The molecule has 1 N–H and O–H groups in total. The van der Waals surface area contributed by atoms with E-state index in [-0.39, 0.29) is 18.2 Å². The minimum Gasteiger partial charge on any atom is -0.394 e. The maximum atomic E-state index is 14.2. The molecule has 3 aromatic rings. The Morgan fingerprint density at radius 3 is 2.47 bits per heavy atom. The first kappa shape index (κ1) is 27.9. The van der Waals surface area contributed by atoms with Gasteiger partial charge < -0.3 is 14.9 Å². The highest BCUT2D eigenvalue weighted by Crippen LogP contribution is 2.40. The summed E-state index contributed by atoms with van der Waals surface area (Å²) in [5.74, 6) is -1.03. The van der Waals surface area contributed by atoms with Crippen LogP contribution >= 0.6 is 11.6 Å². The summed E-state index contributed by atoms with van der Waals surface area (Å²) in [6.45, 7) is 3.59. The molecule has 4 rings (SSSR count). The van der Waals surface area contributed by atoms with E-state index in [0.29, 0.717) is 40.3 Å². The molecule has 1 aliphatic heterocycles. The lowest BCUT2D eigenvalue weighted by atomic mass is 9.82. The zero-order chi connectivity index (χ0) is 27.8. The fourth-order valence-electron chi connectivity index (χ4n) is 4.85. The average Bonchev–Trinajstić information content (AvgIpc) is 3.36. The van der Waals surface area contributed by atoms with E-state index in [1.807, 2.05) is 4.90 Å². The normalized spacial score (nSPS) is 16.1. The number of aliphatic hydroxyl groups is 1. The van der Waals surface area contributed by atoms with Crippen LogP contribution in [0, 0.1) is 5.82 Å². The number of alkyl halides is 3. The number of nitrogens with zero attached hydrogens (tertiary/aromatic N) is 3. The van der Waals surface area contributed by atoms with Crippen LogP contribution < -0.4 is 9.80 Å². The number of anilines is 2. The van der Waals surface area contributed by atoms with Crippen LogP contribution in [-0.2, 0) is 16.4 Å². The maximum absolute atomic E-state index is 14.2. The standard InChI is InChI=1S/C28H28ClF4N3O2/c1-27(2,17-11-18(28(31,32)33)13-19(30)12-17)26(38)35(3)24-15-34-25(36-10-6-7-20(36)16-37)14-22(24)21-8-4-5-9-23(21)29/h4-5,8-9,11-15,20,37H,6-7,10,16H2,1-3H3/t20-/m0/s1. The number of carbonyl (C=O) groups is 1. The molecule has 1 atom stereocenters. The first-order valence-corrected chi connectivity index (χ1v) is 12.5. The van der Waals surface area contributed by atoms with E-state index in [0.717, 1.165) is 25.0 Å². The van der Waals surface area contributed by atoms with Crippen LogP contribution in [0.15, 0.2) is 54.7 Å². The van der Waals surface area contributed by atoms with Gasteiger partial charge in [-0.15, -0.1) is 0 Å². The van der Waals surface area contributed by atoms with E-state index in [1.54, 1.807) is 30.3 Å². The van der Waals surface area contributed by atoms with Crippen molar-refractivity contribution in [3.63, 3.8) is 0 Å². The van der Waals surface area contributed by atoms with Crippen molar-refractivity contribution >= 4 is 29.0 Å². The Labute approximate surface area is 223 Å². The predicted octanol–water partition coefficient (Wildman–Crippen LogP) is 6.46. The molecular weight excluding hydrogens is 522 g/mol. The second-order valence-electron chi connectivity index (χ2n) is 9.93. The first-order chi connectivity index (χ1) is 17.8. The van der Waals surface area contributed by atoms with Crippen molar-refractivity contribution in [3.05, 3.63) is 76.7 Å². The SMILES string of the molecule is CN(C(=O)C(C)(C)c1cc(F)cc(C(F)(F)F)c1)c1cnc(N2CCC[C@H]2CO)cc1-c1ccccc1Cl. The lowest BCUT2D eigenvalue weighted by Gasteiger charge is -2.32. The van der Waals surface area contributed by atoms with Gasteiger partial charge in [-0.2, -0.15) is 13.2 Å². The highest BCUT2D eigenvalue weighted by atomic mass is 35.5. The molecule has 1 aromatic heterocycles. The van der Waals surface area contributed by atoms with Crippen molar-refractivity contribution in [3.8, 4) is 11.1 Å². The molecule has 38 heavy (non-hydrogen) atoms. The van der Waals surface area contributed by atoms with Crippen LogP contribution in [0.3, 0.4) is 0 Å². The third kappa shape index (κ3) is 5.35. The van der Waals surface area contributed by atoms with Gasteiger partial charge in [0.05, 0.1) is 35.5 Å². The fourth-order valence-corrected chi connectivity index (χ4v) is 5.09. The number of hydrogen-bond acceptors (Lipinski definition) is 4. The summed E-state index contributed by atoms with van der Waals surface area (Å²) in [6, 6.07) is 10.9. The lowest BCUT2D eigenvalue weighted by Crippen LogP contribution is -2.42.